The Morgan fingerprint density at radius 1 is 0.532 bits per heavy atom. The first-order valence-corrected chi connectivity index (χ1v) is 27.9. The highest BCUT2D eigenvalue weighted by atomic mass is 31.2. The van der Waals surface area contributed by atoms with Crippen LogP contribution in [0.5, 0.6) is 0 Å². The number of carbonyl (C=O) groups excluding carboxylic acids is 1. The van der Waals surface area contributed by atoms with Crippen LogP contribution in [-0.2, 0) is 18.4 Å². The van der Waals surface area contributed by atoms with E-state index in [9.17, 15) is 19.4 Å². The van der Waals surface area contributed by atoms with Crippen LogP contribution in [0, 0.1) is 0 Å². The van der Waals surface area contributed by atoms with E-state index < -0.39 is 20.0 Å². The molecule has 0 aromatic carbocycles. The molecule has 0 aliphatic rings. The molecule has 0 saturated heterocycles. The number of nitrogens with zero attached hydrogens (tertiary/aromatic N) is 1. The van der Waals surface area contributed by atoms with Gasteiger partial charge in [0.15, 0.2) is 0 Å². The molecule has 3 atom stereocenters. The zero-order valence-corrected chi connectivity index (χ0v) is 42.5. The first-order valence-electron chi connectivity index (χ1n) is 26.4. The second-order valence-corrected chi connectivity index (χ2v) is 20.7. The van der Waals surface area contributed by atoms with Crippen molar-refractivity contribution >= 4 is 13.7 Å². The largest absolute Gasteiger partial charge is 0.472 e. The summed E-state index contributed by atoms with van der Waals surface area (Å²) in [6.07, 6.45) is 56.8. The number of hydrogen-bond donors (Lipinski definition) is 3. The summed E-state index contributed by atoms with van der Waals surface area (Å²) in [6.45, 7) is 4.77. The lowest BCUT2D eigenvalue weighted by molar-refractivity contribution is -0.870. The summed E-state index contributed by atoms with van der Waals surface area (Å²) in [5, 5.41) is 13.8. The van der Waals surface area contributed by atoms with Crippen molar-refractivity contribution in [3.8, 4) is 0 Å². The predicted molar refractivity (Wildman–Crippen MR) is 268 cm³/mol. The smallest absolute Gasteiger partial charge is 0.387 e. The summed E-state index contributed by atoms with van der Waals surface area (Å²) >= 11 is 0. The van der Waals surface area contributed by atoms with Crippen molar-refractivity contribution in [1.82, 2.24) is 5.32 Å². The van der Waals surface area contributed by atoms with Gasteiger partial charge in [0.2, 0.25) is 5.91 Å². The summed E-state index contributed by atoms with van der Waals surface area (Å²) in [7, 11) is 1.55. The van der Waals surface area contributed by atoms with Gasteiger partial charge in [0.25, 0.3) is 0 Å². The molecule has 8 nitrogen and oxygen atoms in total. The van der Waals surface area contributed by atoms with Gasteiger partial charge in [-0.15, -0.1) is 0 Å². The lowest BCUT2D eigenvalue weighted by atomic mass is 10.0. The summed E-state index contributed by atoms with van der Waals surface area (Å²) in [5.74, 6) is -0.196. The third-order valence-electron chi connectivity index (χ3n) is 11.8. The van der Waals surface area contributed by atoms with Crippen LogP contribution >= 0.6 is 7.82 Å². The van der Waals surface area contributed by atoms with Crippen molar-refractivity contribution in [3.05, 3.63) is 36.5 Å². The molecule has 0 radical (unpaired) electrons. The molecule has 0 aliphatic heterocycles. The maximum atomic E-state index is 12.9. The number of quaternary nitrogens is 1. The Hall–Kier alpha value is -1.28. The van der Waals surface area contributed by atoms with Crippen LogP contribution in [0.1, 0.15) is 245 Å². The first-order chi connectivity index (χ1) is 30.0. The van der Waals surface area contributed by atoms with Crippen LogP contribution in [0.15, 0.2) is 36.5 Å². The van der Waals surface area contributed by atoms with Crippen LogP contribution in [-0.4, -0.2) is 73.4 Å². The highest BCUT2D eigenvalue weighted by Crippen LogP contribution is 2.43. The molecule has 0 aromatic heterocycles. The van der Waals surface area contributed by atoms with E-state index in [4.69, 9.17) is 9.05 Å². The Labute approximate surface area is 385 Å². The van der Waals surface area contributed by atoms with E-state index in [1.165, 1.54) is 173 Å². The second kappa shape index (κ2) is 44.9. The van der Waals surface area contributed by atoms with Gasteiger partial charge in [-0.25, -0.2) is 4.57 Å². The zero-order chi connectivity index (χ0) is 45.7. The Kier molecular flexibility index (Phi) is 44.0. The van der Waals surface area contributed by atoms with Crippen molar-refractivity contribution in [1.29, 1.82) is 0 Å². The number of hydrogen-bond acceptors (Lipinski definition) is 5. The summed E-state index contributed by atoms with van der Waals surface area (Å²) < 4.78 is 23.6. The minimum atomic E-state index is -4.35. The van der Waals surface area contributed by atoms with Gasteiger partial charge < -0.3 is 19.8 Å². The molecule has 0 rings (SSSR count). The third-order valence-corrected chi connectivity index (χ3v) is 12.8. The topological polar surface area (TPSA) is 105 Å². The number of carbonyl (C=O) groups is 1. The Balaban J connectivity index is 4.20. The number of rotatable bonds is 48. The van der Waals surface area contributed by atoms with Crippen LogP contribution < -0.4 is 5.32 Å². The number of nitrogens with one attached hydrogen (secondary N) is 1. The van der Waals surface area contributed by atoms with Crippen molar-refractivity contribution in [2.75, 3.05) is 40.9 Å². The highest BCUT2D eigenvalue weighted by Gasteiger charge is 2.27. The van der Waals surface area contributed by atoms with E-state index >= 15 is 0 Å². The molecule has 1 amide bonds. The summed E-state index contributed by atoms with van der Waals surface area (Å²) in [4.78, 5) is 23.1. The van der Waals surface area contributed by atoms with Crippen LogP contribution in [0.25, 0.3) is 0 Å². The molecule has 366 valence electrons. The molecule has 0 heterocycles. The number of phosphoric ester groups is 1. The molecule has 3 unspecified atom stereocenters. The SMILES string of the molecule is CCCCC/C=C\CCCCCCCC(=O)NC(COP(=O)(O)OCC[N+](C)(C)C)C(O)/C=C/CC/C=C/CCCCCCCCCCCCCCCCCCCCCCCC. The Morgan fingerprint density at radius 2 is 0.887 bits per heavy atom. The van der Waals surface area contributed by atoms with Crippen LogP contribution in [0.4, 0.5) is 0 Å². The fourth-order valence-electron chi connectivity index (χ4n) is 7.64. The zero-order valence-electron chi connectivity index (χ0n) is 41.6. The molecule has 0 bridgehead atoms. The minimum Gasteiger partial charge on any atom is -0.387 e. The van der Waals surface area contributed by atoms with Crippen LogP contribution in [0.3, 0.4) is 0 Å². The fourth-order valence-corrected chi connectivity index (χ4v) is 8.38. The molecule has 62 heavy (non-hydrogen) atoms. The normalized spacial score (nSPS) is 14.4. The molecule has 0 aromatic rings. The van der Waals surface area contributed by atoms with Crippen LogP contribution in [0.2, 0.25) is 0 Å². The number of aliphatic hydroxyl groups is 1. The lowest BCUT2D eigenvalue weighted by Crippen LogP contribution is -2.45. The Morgan fingerprint density at radius 3 is 1.32 bits per heavy atom. The van der Waals surface area contributed by atoms with E-state index in [1.54, 1.807) is 6.08 Å². The van der Waals surface area contributed by atoms with Crippen molar-refractivity contribution in [2.45, 2.75) is 257 Å². The predicted octanol–water partition coefficient (Wildman–Crippen LogP) is 15.4. The molecular formula is C53H104N2O6P+. The lowest BCUT2D eigenvalue weighted by Gasteiger charge is -2.25. The van der Waals surface area contributed by atoms with Gasteiger partial charge in [-0.05, 0) is 57.8 Å². The van der Waals surface area contributed by atoms with E-state index in [0.717, 1.165) is 51.4 Å². The van der Waals surface area contributed by atoms with Gasteiger partial charge in [0.1, 0.15) is 13.2 Å². The molecular weight excluding hydrogens is 792 g/mol. The van der Waals surface area contributed by atoms with Crippen molar-refractivity contribution in [2.24, 2.45) is 0 Å². The summed E-state index contributed by atoms with van der Waals surface area (Å²) in [5.41, 5.74) is 0. The second-order valence-electron chi connectivity index (χ2n) is 19.2. The van der Waals surface area contributed by atoms with E-state index in [-0.39, 0.29) is 19.1 Å². The molecule has 3 N–H and O–H groups in total. The monoisotopic (exact) mass is 896 g/mol. The molecule has 9 heteroatoms. The van der Waals surface area contributed by atoms with Crippen molar-refractivity contribution < 1.29 is 32.9 Å². The number of aliphatic hydroxyl groups excluding tert-OH is 1. The van der Waals surface area contributed by atoms with Gasteiger partial charge in [-0.3, -0.25) is 13.8 Å². The van der Waals surface area contributed by atoms with Gasteiger partial charge in [-0.1, -0.05) is 217 Å². The van der Waals surface area contributed by atoms with E-state index in [0.29, 0.717) is 17.4 Å². The number of allylic oxidation sites excluding steroid dienone is 5. The fraction of sp³-hybridized carbons (Fsp3) is 0.868. The standard InChI is InChI=1S/C53H103N2O6P/c1-6-8-10-12-14-16-18-20-21-22-23-24-25-26-27-28-29-30-31-32-33-34-35-36-38-40-42-44-46-52(56)51(50-61-62(58,59)60-49-48-55(3,4)5)54-53(57)47-45-43-41-39-37-19-17-15-13-11-9-7-2/h15,17,36,38,44,46,51-52,56H,6-14,16,18-35,37,39-43,45,47-50H2,1-5H3,(H-,54,57,58,59)/p+1/b17-15-,38-36+,46-44+. The molecule has 0 aliphatic carbocycles. The van der Waals surface area contributed by atoms with Gasteiger partial charge in [-0.2, -0.15) is 0 Å². The highest BCUT2D eigenvalue weighted by molar-refractivity contribution is 7.47. The van der Waals surface area contributed by atoms with Gasteiger partial charge >= 0.3 is 7.82 Å². The maximum absolute atomic E-state index is 12.9. The number of unbranched alkanes of at least 4 members (excludes halogenated alkanes) is 31. The molecule has 0 fully saturated rings. The number of phosphoric acid groups is 1. The molecule has 0 spiro atoms. The van der Waals surface area contributed by atoms with Gasteiger partial charge in [0, 0.05) is 6.42 Å². The minimum absolute atomic E-state index is 0.0547. The molecule has 0 saturated carbocycles. The van der Waals surface area contributed by atoms with Gasteiger partial charge in [0.05, 0.1) is 39.9 Å². The maximum Gasteiger partial charge on any atom is 0.472 e. The average molecular weight is 896 g/mol. The van der Waals surface area contributed by atoms with E-state index in [2.05, 4.69) is 43.5 Å². The number of likely N-dealkylation sites (N-methyl/N-ethyl adjacent to an activating group) is 1. The number of amides is 1. The van der Waals surface area contributed by atoms with Crippen molar-refractivity contribution in [3.63, 3.8) is 0 Å². The Bertz CT molecular complexity index is 1110. The van der Waals surface area contributed by atoms with E-state index in [1.807, 2.05) is 27.2 Å². The summed E-state index contributed by atoms with van der Waals surface area (Å²) in [6, 6.07) is -0.866. The first kappa shape index (κ1) is 60.7. The third kappa shape index (κ3) is 46.7. The quantitative estimate of drug-likeness (QED) is 0.0243. The average Bonchev–Trinajstić information content (AvgIpc) is 3.23.